The van der Waals surface area contributed by atoms with Crippen molar-refractivity contribution in [2.24, 2.45) is 5.10 Å². The number of ether oxygens (including phenoxy) is 1. The quantitative estimate of drug-likeness (QED) is 0.455. The summed E-state index contributed by atoms with van der Waals surface area (Å²) in [7, 11) is 0. The number of hydrogen-bond acceptors (Lipinski definition) is 2. The summed E-state index contributed by atoms with van der Waals surface area (Å²) in [6, 6.07) is 0. The lowest BCUT2D eigenvalue weighted by Gasteiger charge is -2.11. The lowest BCUT2D eigenvalue weighted by atomic mass is 10.1. The maximum absolute atomic E-state index is 5.17. The van der Waals surface area contributed by atoms with Crippen molar-refractivity contribution < 1.29 is 4.74 Å². The third-order valence-corrected chi connectivity index (χ3v) is 1.50. The molecule has 2 heterocycles. The molecule has 2 aliphatic heterocycles. The molecule has 0 aliphatic carbocycles. The van der Waals surface area contributed by atoms with Crippen LogP contribution in [0.15, 0.2) is 16.9 Å². The van der Waals surface area contributed by atoms with Crippen molar-refractivity contribution in [3.05, 3.63) is 11.8 Å². The Morgan fingerprint density at radius 3 is 3.44 bits per heavy atom. The predicted molar refractivity (Wildman–Crippen MR) is 33.1 cm³/mol. The molecular formula is C6H7N2O. The summed E-state index contributed by atoms with van der Waals surface area (Å²) in [6.45, 7) is 1.49. The van der Waals surface area contributed by atoms with Crippen LogP contribution in [0.25, 0.3) is 0 Å². The fraction of sp³-hybridized carbons (Fsp3) is 0.500. The standard InChI is InChI=1S/C6H7N2O/c1-2-9-4-5-3-7-8-6(1)5/h3H,1-2,4H2. The summed E-state index contributed by atoms with van der Waals surface area (Å²) < 4.78 is 5.17. The molecule has 0 spiro atoms. The lowest BCUT2D eigenvalue weighted by Crippen LogP contribution is -2.16. The van der Waals surface area contributed by atoms with Gasteiger partial charge in [-0.1, -0.05) is 0 Å². The summed E-state index contributed by atoms with van der Waals surface area (Å²) in [4.78, 5) is 0. The summed E-state index contributed by atoms with van der Waals surface area (Å²) in [5, 5.41) is 3.93. The van der Waals surface area contributed by atoms with E-state index < -0.39 is 0 Å². The molecule has 0 N–H and O–H groups in total. The predicted octanol–water partition coefficient (Wildman–Crippen LogP) is 0.265. The van der Waals surface area contributed by atoms with Crippen LogP contribution < -0.4 is 5.43 Å². The van der Waals surface area contributed by atoms with Gasteiger partial charge in [-0.25, -0.2) is 0 Å². The summed E-state index contributed by atoms with van der Waals surface area (Å²) in [5.41, 5.74) is 6.04. The van der Waals surface area contributed by atoms with Gasteiger partial charge in [0.1, 0.15) is 0 Å². The summed E-state index contributed by atoms with van der Waals surface area (Å²) in [6.07, 6.45) is 2.70. The minimum Gasteiger partial charge on any atom is -0.376 e. The molecule has 3 nitrogen and oxygen atoms in total. The van der Waals surface area contributed by atoms with Gasteiger partial charge in [0.15, 0.2) is 0 Å². The molecular weight excluding hydrogens is 116 g/mol. The Morgan fingerprint density at radius 2 is 2.56 bits per heavy atom. The summed E-state index contributed by atoms with van der Waals surface area (Å²) >= 11 is 0. The second kappa shape index (κ2) is 1.84. The zero-order chi connectivity index (χ0) is 6.10. The molecule has 2 aliphatic rings. The Hall–Kier alpha value is -0.830. The topological polar surface area (TPSA) is 35.7 Å². The van der Waals surface area contributed by atoms with Crippen molar-refractivity contribution in [2.75, 3.05) is 13.2 Å². The molecule has 47 valence electrons. The van der Waals surface area contributed by atoms with Crippen molar-refractivity contribution >= 4 is 5.71 Å². The highest BCUT2D eigenvalue weighted by atomic mass is 16.5. The Kier molecular flexibility index (Phi) is 1.02. The van der Waals surface area contributed by atoms with Gasteiger partial charge in [0, 0.05) is 12.0 Å². The third-order valence-electron chi connectivity index (χ3n) is 1.50. The van der Waals surface area contributed by atoms with Crippen LogP contribution in [0, 0.1) is 0 Å². The number of fused-ring (bicyclic) bond motifs is 1. The summed E-state index contributed by atoms with van der Waals surface area (Å²) in [5.74, 6) is 0. The molecule has 9 heavy (non-hydrogen) atoms. The molecule has 0 aromatic rings. The van der Waals surface area contributed by atoms with Crippen LogP contribution in [0.3, 0.4) is 0 Å². The second-order valence-corrected chi connectivity index (χ2v) is 2.12. The normalized spacial score (nSPS) is 24.0. The minimum atomic E-state index is 0.697. The van der Waals surface area contributed by atoms with E-state index in [4.69, 9.17) is 4.74 Å². The molecule has 0 unspecified atom stereocenters. The maximum Gasteiger partial charge on any atom is 0.0751 e. The Labute approximate surface area is 53.4 Å². The minimum absolute atomic E-state index is 0.697. The highest BCUT2D eigenvalue weighted by Gasteiger charge is 2.17. The fourth-order valence-electron chi connectivity index (χ4n) is 0.989. The van der Waals surface area contributed by atoms with E-state index in [1.54, 1.807) is 6.20 Å². The van der Waals surface area contributed by atoms with Crippen molar-refractivity contribution in [1.29, 1.82) is 0 Å². The van der Waals surface area contributed by atoms with E-state index in [1.165, 1.54) is 0 Å². The number of nitrogens with zero attached hydrogens (tertiary/aromatic N) is 2. The van der Waals surface area contributed by atoms with E-state index >= 15 is 0 Å². The SMILES string of the molecule is C1=C2COCCC2=N[N]1. The molecule has 0 aromatic heterocycles. The molecule has 3 heteroatoms. The average Bonchev–Trinajstić information content (AvgIpc) is 2.33. The first-order chi connectivity index (χ1) is 4.47. The Bertz CT molecular complexity index is 163. The number of hydrogen-bond donors (Lipinski definition) is 0. The van der Waals surface area contributed by atoms with E-state index in [1.807, 2.05) is 0 Å². The highest BCUT2D eigenvalue weighted by molar-refractivity contribution is 6.01. The molecule has 1 radical (unpaired) electrons. The van der Waals surface area contributed by atoms with Crippen molar-refractivity contribution in [1.82, 2.24) is 5.43 Å². The van der Waals surface area contributed by atoms with Crippen molar-refractivity contribution in [2.45, 2.75) is 6.42 Å². The molecule has 0 amide bonds. The zero-order valence-electron chi connectivity index (χ0n) is 5.00. The smallest absolute Gasteiger partial charge is 0.0751 e. The van der Waals surface area contributed by atoms with E-state index in [0.29, 0.717) is 6.61 Å². The van der Waals surface area contributed by atoms with Gasteiger partial charge in [0.05, 0.1) is 25.1 Å². The van der Waals surface area contributed by atoms with Gasteiger partial charge in [-0.3, -0.25) is 0 Å². The highest BCUT2D eigenvalue weighted by Crippen LogP contribution is 2.12. The first-order valence-electron chi connectivity index (χ1n) is 3.00. The van der Waals surface area contributed by atoms with Gasteiger partial charge in [-0.2, -0.15) is 10.5 Å². The van der Waals surface area contributed by atoms with Gasteiger partial charge in [0.2, 0.25) is 0 Å². The van der Waals surface area contributed by atoms with Crippen LogP contribution in [0.5, 0.6) is 0 Å². The van der Waals surface area contributed by atoms with Gasteiger partial charge < -0.3 is 4.74 Å². The first kappa shape index (κ1) is 4.99. The van der Waals surface area contributed by atoms with Crippen molar-refractivity contribution in [3.8, 4) is 0 Å². The largest absolute Gasteiger partial charge is 0.376 e. The molecule has 0 atom stereocenters. The Balaban J connectivity index is 2.22. The first-order valence-corrected chi connectivity index (χ1v) is 3.00. The van der Waals surface area contributed by atoms with Gasteiger partial charge in [-0.05, 0) is 0 Å². The van der Waals surface area contributed by atoms with E-state index in [2.05, 4.69) is 10.5 Å². The molecule has 1 fully saturated rings. The van der Waals surface area contributed by atoms with E-state index in [-0.39, 0.29) is 0 Å². The lowest BCUT2D eigenvalue weighted by molar-refractivity contribution is 0.158. The van der Waals surface area contributed by atoms with Crippen molar-refractivity contribution in [3.63, 3.8) is 0 Å². The van der Waals surface area contributed by atoms with E-state index in [9.17, 15) is 0 Å². The third kappa shape index (κ3) is 0.733. The average molecular weight is 123 g/mol. The molecule has 0 aromatic carbocycles. The second-order valence-electron chi connectivity index (χ2n) is 2.12. The number of rotatable bonds is 0. The molecule has 0 saturated carbocycles. The van der Waals surface area contributed by atoms with Crippen LogP contribution >= 0.6 is 0 Å². The molecule has 2 rings (SSSR count). The Morgan fingerprint density at radius 1 is 1.56 bits per heavy atom. The maximum atomic E-state index is 5.17. The molecule has 1 saturated heterocycles. The van der Waals surface area contributed by atoms with Crippen LogP contribution in [-0.2, 0) is 4.74 Å². The van der Waals surface area contributed by atoms with Crippen LogP contribution in [0.1, 0.15) is 6.42 Å². The van der Waals surface area contributed by atoms with Gasteiger partial charge >= 0.3 is 0 Å². The van der Waals surface area contributed by atoms with Gasteiger partial charge in [0.25, 0.3) is 0 Å². The zero-order valence-corrected chi connectivity index (χ0v) is 5.00. The monoisotopic (exact) mass is 123 g/mol. The molecule has 0 bridgehead atoms. The fourth-order valence-corrected chi connectivity index (χ4v) is 0.989. The van der Waals surface area contributed by atoms with Gasteiger partial charge in [-0.15, -0.1) is 0 Å². The van der Waals surface area contributed by atoms with E-state index in [0.717, 1.165) is 24.3 Å². The van der Waals surface area contributed by atoms with Crippen LogP contribution in [-0.4, -0.2) is 18.9 Å². The van der Waals surface area contributed by atoms with Crippen LogP contribution in [0.4, 0.5) is 0 Å². The van der Waals surface area contributed by atoms with Crippen LogP contribution in [0.2, 0.25) is 0 Å².